The van der Waals surface area contributed by atoms with Gasteiger partial charge in [0.15, 0.2) is 0 Å². The van der Waals surface area contributed by atoms with E-state index in [1.165, 1.54) is 81.8 Å². The molecule has 1 unspecified atom stereocenters. The van der Waals surface area contributed by atoms with Crippen LogP contribution in [0.4, 0.5) is 0 Å². The predicted molar refractivity (Wildman–Crippen MR) is 89.0 cm³/mol. The van der Waals surface area contributed by atoms with Gasteiger partial charge in [-0.1, -0.05) is 52.4 Å². The molecule has 0 aliphatic rings. The smallest absolute Gasteiger partial charge is 0.0922 e. The van der Waals surface area contributed by atoms with Crippen LogP contribution < -0.4 is 17.0 Å². The maximum Gasteiger partial charge on any atom is 0.0922 e. The summed E-state index contributed by atoms with van der Waals surface area (Å²) >= 11 is 5.99. The summed E-state index contributed by atoms with van der Waals surface area (Å²) in [5.74, 6) is 0.806. The number of unbranched alkanes of at least 4 members (excludes halogenated alkanes) is 8. The van der Waals surface area contributed by atoms with Crippen LogP contribution in [0.1, 0.15) is 78.1 Å². The first kappa shape index (κ1) is 23.0. The van der Waals surface area contributed by atoms with Crippen LogP contribution in [0.25, 0.3) is 0 Å². The van der Waals surface area contributed by atoms with Crippen LogP contribution in [0.15, 0.2) is 0 Å². The monoisotopic (exact) mass is 369 g/mol. The van der Waals surface area contributed by atoms with Crippen LogP contribution in [0, 0.1) is 0 Å². The fraction of sp³-hybridized carbons (Fsp3) is 1.00. The van der Waals surface area contributed by atoms with E-state index < -0.39 is 0 Å². The first-order chi connectivity index (χ1) is 9.18. The molecule has 0 aromatic heterocycles. The Morgan fingerprint density at radius 3 is 1.50 bits per heavy atom. The third-order valence-corrected chi connectivity index (χ3v) is 4.40. The molecule has 0 amide bonds. The van der Waals surface area contributed by atoms with Crippen molar-refractivity contribution in [3.05, 3.63) is 0 Å². The molecule has 0 aliphatic carbocycles. The molecule has 0 saturated carbocycles. The van der Waals surface area contributed by atoms with Crippen molar-refractivity contribution in [1.29, 1.82) is 0 Å². The van der Waals surface area contributed by atoms with Crippen LogP contribution in [0.3, 0.4) is 0 Å². The summed E-state index contributed by atoms with van der Waals surface area (Å²) in [6.07, 6.45) is 13.9. The minimum Gasteiger partial charge on any atom is -1.00 e. The third kappa shape index (κ3) is 13.7. The Hall–Kier alpha value is 0.730. The first-order valence-corrected chi connectivity index (χ1v) is 9.11. The molecule has 0 fully saturated rings. The summed E-state index contributed by atoms with van der Waals surface area (Å²) in [6, 6.07) is 0. The quantitative estimate of drug-likeness (QED) is 0.250. The Balaban J connectivity index is 0. The van der Waals surface area contributed by atoms with Crippen LogP contribution in [-0.2, 0) is 0 Å². The number of nitrogens with zero attached hydrogens (tertiary/aromatic N) is 1. The molecule has 0 radical (unpaired) electrons. The summed E-state index contributed by atoms with van der Waals surface area (Å²) < 4.78 is 1.20. The van der Waals surface area contributed by atoms with Crippen molar-refractivity contribution in [2.75, 3.05) is 32.6 Å². The molecule has 0 aromatic rings. The van der Waals surface area contributed by atoms with Gasteiger partial charge < -0.3 is 21.5 Å². The molecule has 124 valence electrons. The normalized spacial score (nSPS) is 13.8. The largest absolute Gasteiger partial charge is 1.00 e. The van der Waals surface area contributed by atoms with Gasteiger partial charge in [-0.25, -0.2) is 0 Å². The van der Waals surface area contributed by atoms with E-state index in [-0.39, 0.29) is 17.0 Å². The molecule has 0 spiro atoms. The number of halogens is 2. The Kier molecular flexibility index (Phi) is 18.5. The van der Waals surface area contributed by atoms with Gasteiger partial charge in [-0.3, -0.25) is 0 Å². The molecule has 0 aliphatic heterocycles. The summed E-state index contributed by atoms with van der Waals surface area (Å²) in [4.78, 5) is 0. The van der Waals surface area contributed by atoms with Crippen molar-refractivity contribution in [2.24, 2.45) is 0 Å². The van der Waals surface area contributed by atoms with Gasteiger partial charge in [0, 0.05) is 0 Å². The number of hydrogen-bond acceptors (Lipinski definition) is 0. The van der Waals surface area contributed by atoms with E-state index in [2.05, 4.69) is 20.9 Å². The molecule has 1 atom stereocenters. The van der Waals surface area contributed by atoms with Gasteiger partial charge in [0.1, 0.15) is 0 Å². The maximum atomic E-state index is 5.99. The van der Waals surface area contributed by atoms with Gasteiger partial charge in [-0.15, -0.1) is 11.6 Å². The lowest BCUT2D eigenvalue weighted by atomic mass is 10.1. The fourth-order valence-electron chi connectivity index (χ4n) is 2.73. The zero-order valence-corrected chi connectivity index (χ0v) is 16.4. The van der Waals surface area contributed by atoms with E-state index in [1.54, 1.807) is 0 Å². The van der Waals surface area contributed by atoms with Crippen LogP contribution in [0.2, 0.25) is 0 Å². The predicted octanol–water partition coefficient (Wildman–Crippen LogP) is 2.62. The molecule has 0 rings (SSSR count). The number of hydrogen-bond donors (Lipinski definition) is 0. The minimum absolute atomic E-state index is 0. The molecule has 0 aromatic carbocycles. The number of quaternary nitrogens is 1. The van der Waals surface area contributed by atoms with Crippen molar-refractivity contribution in [3.8, 4) is 0 Å². The third-order valence-electron chi connectivity index (χ3n) is 4.23. The highest BCUT2D eigenvalue weighted by Gasteiger charge is 2.19. The highest BCUT2D eigenvalue weighted by atomic mass is 79.9. The lowest BCUT2D eigenvalue weighted by Crippen LogP contribution is -3.00. The van der Waals surface area contributed by atoms with Crippen LogP contribution in [0.5, 0.6) is 0 Å². The van der Waals surface area contributed by atoms with Gasteiger partial charge in [0.25, 0.3) is 0 Å². The van der Waals surface area contributed by atoms with Gasteiger partial charge in [-0.2, -0.15) is 0 Å². The van der Waals surface area contributed by atoms with Gasteiger partial charge in [-0.05, 0) is 25.7 Å². The van der Waals surface area contributed by atoms with Crippen molar-refractivity contribution < 1.29 is 21.5 Å². The molecule has 0 saturated heterocycles. The fourth-order valence-corrected chi connectivity index (χ4v) is 3.14. The van der Waals surface area contributed by atoms with E-state index in [0.29, 0.717) is 0 Å². The average Bonchev–Trinajstić information content (AvgIpc) is 2.39. The minimum atomic E-state index is 0. The number of rotatable bonds is 14. The van der Waals surface area contributed by atoms with E-state index in [9.17, 15) is 0 Å². The van der Waals surface area contributed by atoms with Crippen LogP contribution in [-0.4, -0.2) is 37.0 Å². The summed E-state index contributed by atoms with van der Waals surface area (Å²) in [5, 5.41) is 0. The second-order valence-corrected chi connectivity index (χ2v) is 6.69. The Morgan fingerprint density at radius 2 is 1.05 bits per heavy atom. The zero-order valence-electron chi connectivity index (χ0n) is 14.1. The lowest BCUT2D eigenvalue weighted by Gasteiger charge is -2.34. The molecule has 1 nitrogen and oxygen atoms in total. The van der Waals surface area contributed by atoms with E-state index >= 15 is 0 Å². The standard InChI is InChI=1S/C17H37ClN.BrH/c1-4-6-8-10-11-13-16-19(3,17-14-18)15-12-9-7-5-2;/h4-17H2,1-3H3;1H/q+1;/p-1. The van der Waals surface area contributed by atoms with E-state index in [1.807, 2.05) is 0 Å². The molecule has 0 bridgehead atoms. The topological polar surface area (TPSA) is 0 Å². The second kappa shape index (κ2) is 16.1. The van der Waals surface area contributed by atoms with Gasteiger partial charge in [0.05, 0.1) is 32.6 Å². The second-order valence-electron chi connectivity index (χ2n) is 6.31. The average molecular weight is 371 g/mol. The summed E-state index contributed by atoms with van der Waals surface area (Å²) in [5.41, 5.74) is 0. The SMILES string of the molecule is CCCCCCCC[N+](C)(CCCl)CCCCCC.[Br-]. The van der Waals surface area contributed by atoms with Crippen LogP contribution >= 0.6 is 11.6 Å². The van der Waals surface area contributed by atoms with E-state index in [0.717, 1.165) is 12.4 Å². The first-order valence-electron chi connectivity index (χ1n) is 8.58. The zero-order chi connectivity index (χ0) is 14.4. The Bertz CT molecular complexity index is 190. The maximum absolute atomic E-state index is 5.99. The van der Waals surface area contributed by atoms with Gasteiger partial charge >= 0.3 is 0 Å². The van der Waals surface area contributed by atoms with E-state index in [4.69, 9.17) is 11.6 Å². The summed E-state index contributed by atoms with van der Waals surface area (Å²) in [6.45, 7) is 8.35. The lowest BCUT2D eigenvalue weighted by molar-refractivity contribution is -0.907. The molecule has 20 heavy (non-hydrogen) atoms. The van der Waals surface area contributed by atoms with Crippen molar-refractivity contribution in [3.63, 3.8) is 0 Å². The highest BCUT2D eigenvalue weighted by Crippen LogP contribution is 2.13. The molecular weight excluding hydrogens is 334 g/mol. The molecule has 0 heterocycles. The van der Waals surface area contributed by atoms with Gasteiger partial charge in [0.2, 0.25) is 0 Å². The molecule has 0 N–H and O–H groups in total. The molecule has 3 heteroatoms. The Labute approximate surface area is 143 Å². The highest BCUT2D eigenvalue weighted by molar-refractivity contribution is 6.17. The Morgan fingerprint density at radius 1 is 0.650 bits per heavy atom. The van der Waals surface area contributed by atoms with Crippen molar-refractivity contribution in [1.82, 2.24) is 0 Å². The van der Waals surface area contributed by atoms with Crippen molar-refractivity contribution >= 4 is 11.6 Å². The number of alkyl halides is 1. The molecular formula is C17H37BrClN. The summed E-state index contributed by atoms with van der Waals surface area (Å²) in [7, 11) is 2.40. The van der Waals surface area contributed by atoms with Crippen molar-refractivity contribution in [2.45, 2.75) is 78.1 Å².